The van der Waals surface area contributed by atoms with Crippen molar-refractivity contribution >= 4 is 11.6 Å². The zero-order valence-electron chi connectivity index (χ0n) is 12.8. The van der Waals surface area contributed by atoms with E-state index in [1.165, 1.54) is 0 Å². The number of ether oxygens (including phenoxy) is 1. The number of benzene rings is 1. The van der Waals surface area contributed by atoms with Gasteiger partial charge in [0, 0.05) is 25.1 Å². The highest BCUT2D eigenvalue weighted by atomic mass is 19.3. The topological polar surface area (TPSA) is 59.6 Å². The first-order valence-corrected chi connectivity index (χ1v) is 7.57. The SMILES string of the molecule is COc1ccc(NC(N)=NCC2CCCCC(F)(F)C2)cc1. The lowest BCUT2D eigenvalue weighted by Gasteiger charge is -2.18. The van der Waals surface area contributed by atoms with Crippen molar-refractivity contribution in [3.05, 3.63) is 24.3 Å². The lowest BCUT2D eigenvalue weighted by atomic mass is 9.99. The molecule has 0 bridgehead atoms. The third-order valence-electron chi connectivity index (χ3n) is 3.87. The van der Waals surface area contributed by atoms with E-state index >= 15 is 0 Å². The van der Waals surface area contributed by atoms with Gasteiger partial charge in [0.25, 0.3) is 0 Å². The molecule has 0 heterocycles. The number of rotatable bonds is 4. The number of nitrogens with one attached hydrogen (secondary N) is 1. The van der Waals surface area contributed by atoms with Crippen LogP contribution in [0.1, 0.15) is 32.1 Å². The van der Waals surface area contributed by atoms with Crippen LogP contribution >= 0.6 is 0 Å². The summed E-state index contributed by atoms with van der Waals surface area (Å²) in [6.45, 7) is 0.338. The minimum absolute atomic E-state index is 0.00715. The normalized spacial score (nSPS) is 22.0. The fourth-order valence-electron chi connectivity index (χ4n) is 2.69. The maximum Gasteiger partial charge on any atom is 0.248 e. The number of guanidine groups is 1. The molecule has 2 rings (SSSR count). The fraction of sp³-hybridized carbons (Fsp3) is 0.562. The minimum Gasteiger partial charge on any atom is -0.497 e. The van der Waals surface area contributed by atoms with Gasteiger partial charge in [-0.25, -0.2) is 8.78 Å². The van der Waals surface area contributed by atoms with E-state index in [1.54, 1.807) is 7.11 Å². The Hall–Kier alpha value is -1.85. The van der Waals surface area contributed by atoms with Crippen molar-refractivity contribution in [2.75, 3.05) is 19.0 Å². The summed E-state index contributed by atoms with van der Waals surface area (Å²) in [5.41, 5.74) is 6.61. The molecule has 4 nitrogen and oxygen atoms in total. The van der Waals surface area contributed by atoms with Gasteiger partial charge in [0.05, 0.1) is 7.11 Å². The smallest absolute Gasteiger partial charge is 0.248 e. The molecule has 1 saturated carbocycles. The molecule has 0 spiro atoms. The first kappa shape index (κ1) is 16.5. The molecule has 1 fully saturated rings. The van der Waals surface area contributed by atoms with Crippen molar-refractivity contribution in [3.8, 4) is 5.75 Å². The molecule has 22 heavy (non-hydrogen) atoms. The molecule has 1 aliphatic rings. The van der Waals surface area contributed by atoms with Crippen LogP contribution in [0.3, 0.4) is 0 Å². The summed E-state index contributed by atoms with van der Waals surface area (Å²) >= 11 is 0. The largest absolute Gasteiger partial charge is 0.497 e. The molecule has 0 saturated heterocycles. The van der Waals surface area contributed by atoms with Crippen LogP contribution in [0.5, 0.6) is 5.75 Å². The number of nitrogens with two attached hydrogens (primary N) is 1. The predicted octanol–water partition coefficient (Wildman–Crippen LogP) is 3.64. The van der Waals surface area contributed by atoms with E-state index in [0.717, 1.165) is 24.3 Å². The van der Waals surface area contributed by atoms with Gasteiger partial charge in [0.1, 0.15) is 5.75 Å². The fourth-order valence-corrected chi connectivity index (χ4v) is 2.69. The lowest BCUT2D eigenvalue weighted by molar-refractivity contribution is -0.0241. The monoisotopic (exact) mass is 311 g/mol. The van der Waals surface area contributed by atoms with E-state index in [0.29, 0.717) is 13.0 Å². The Morgan fingerprint density at radius 1 is 1.36 bits per heavy atom. The average Bonchev–Trinajstić information content (AvgIpc) is 2.66. The zero-order valence-corrected chi connectivity index (χ0v) is 12.8. The molecule has 1 atom stereocenters. The third kappa shape index (κ3) is 5.16. The highest BCUT2D eigenvalue weighted by Gasteiger charge is 2.34. The molecule has 0 aliphatic heterocycles. The van der Waals surface area contributed by atoms with Crippen molar-refractivity contribution < 1.29 is 13.5 Å². The van der Waals surface area contributed by atoms with E-state index in [2.05, 4.69) is 10.3 Å². The Kier molecular flexibility index (Phi) is 5.57. The van der Waals surface area contributed by atoms with Gasteiger partial charge in [-0.1, -0.05) is 6.42 Å². The van der Waals surface area contributed by atoms with Crippen LogP contribution < -0.4 is 15.8 Å². The van der Waals surface area contributed by atoms with Crippen LogP contribution in [-0.2, 0) is 0 Å². The number of alkyl halides is 2. The van der Waals surface area contributed by atoms with Crippen LogP contribution in [0.25, 0.3) is 0 Å². The number of hydrogen-bond acceptors (Lipinski definition) is 2. The van der Waals surface area contributed by atoms with Crippen molar-refractivity contribution in [1.82, 2.24) is 0 Å². The molecular formula is C16H23F2N3O. The molecule has 1 aliphatic carbocycles. The number of nitrogens with zero attached hydrogens (tertiary/aromatic N) is 1. The van der Waals surface area contributed by atoms with Crippen LogP contribution in [0, 0.1) is 5.92 Å². The standard InChI is InChI=1S/C16H23F2N3O/c1-22-14-7-5-13(6-8-14)21-15(19)20-11-12-4-2-3-9-16(17,18)10-12/h5-8,12H,2-4,9-11H2,1H3,(H3,19,20,21). The van der Waals surface area contributed by atoms with Crippen molar-refractivity contribution in [2.45, 2.75) is 38.0 Å². The van der Waals surface area contributed by atoms with Gasteiger partial charge >= 0.3 is 0 Å². The molecule has 122 valence electrons. The van der Waals surface area contributed by atoms with Crippen molar-refractivity contribution in [1.29, 1.82) is 0 Å². The van der Waals surface area contributed by atoms with Gasteiger partial charge in [-0.3, -0.25) is 4.99 Å². The Morgan fingerprint density at radius 2 is 2.09 bits per heavy atom. The van der Waals surface area contributed by atoms with Gasteiger partial charge < -0.3 is 15.8 Å². The van der Waals surface area contributed by atoms with Gasteiger partial charge in [0.15, 0.2) is 5.96 Å². The molecule has 0 radical (unpaired) electrons. The first-order chi connectivity index (χ1) is 10.5. The zero-order chi connectivity index (χ0) is 16.0. The van der Waals surface area contributed by atoms with Gasteiger partial charge in [-0.05, 0) is 43.0 Å². The summed E-state index contributed by atoms with van der Waals surface area (Å²) in [6, 6.07) is 7.25. The predicted molar refractivity (Wildman–Crippen MR) is 84.6 cm³/mol. The van der Waals surface area contributed by atoms with E-state index in [-0.39, 0.29) is 24.7 Å². The first-order valence-electron chi connectivity index (χ1n) is 7.57. The second-order valence-corrected chi connectivity index (χ2v) is 5.75. The highest BCUT2D eigenvalue weighted by molar-refractivity contribution is 5.92. The van der Waals surface area contributed by atoms with Gasteiger partial charge in [0.2, 0.25) is 5.92 Å². The number of halogens is 2. The third-order valence-corrected chi connectivity index (χ3v) is 3.87. The summed E-state index contributed by atoms with van der Waals surface area (Å²) in [6.07, 6.45) is 2.11. The minimum atomic E-state index is -2.56. The van der Waals surface area contributed by atoms with E-state index < -0.39 is 5.92 Å². The van der Waals surface area contributed by atoms with E-state index in [1.807, 2.05) is 24.3 Å². The van der Waals surface area contributed by atoms with Crippen LogP contribution in [-0.4, -0.2) is 25.5 Å². The molecule has 0 aromatic heterocycles. The Labute approximate surface area is 129 Å². The van der Waals surface area contributed by atoms with E-state index in [4.69, 9.17) is 10.5 Å². The van der Waals surface area contributed by atoms with Gasteiger partial charge in [-0.2, -0.15) is 0 Å². The van der Waals surface area contributed by atoms with Crippen molar-refractivity contribution in [2.24, 2.45) is 16.6 Å². The molecule has 3 N–H and O–H groups in total. The van der Waals surface area contributed by atoms with Crippen LogP contribution in [0.15, 0.2) is 29.3 Å². The summed E-state index contributed by atoms with van der Waals surface area (Å²) in [4.78, 5) is 4.21. The Morgan fingerprint density at radius 3 is 2.77 bits per heavy atom. The maximum atomic E-state index is 13.6. The summed E-state index contributed by atoms with van der Waals surface area (Å²) in [5.74, 6) is -1.66. The number of aliphatic imine (C=N–C) groups is 1. The van der Waals surface area contributed by atoms with E-state index in [9.17, 15) is 8.78 Å². The number of anilines is 1. The summed E-state index contributed by atoms with van der Waals surface area (Å²) in [5, 5.41) is 2.95. The van der Waals surface area contributed by atoms with Crippen molar-refractivity contribution in [3.63, 3.8) is 0 Å². The number of hydrogen-bond donors (Lipinski definition) is 2. The average molecular weight is 311 g/mol. The number of methoxy groups -OCH3 is 1. The summed E-state index contributed by atoms with van der Waals surface area (Å²) < 4.78 is 32.2. The summed E-state index contributed by atoms with van der Waals surface area (Å²) in [7, 11) is 1.60. The second kappa shape index (κ2) is 7.42. The molecular weight excluding hydrogens is 288 g/mol. The molecule has 1 aromatic carbocycles. The van der Waals surface area contributed by atoms with Gasteiger partial charge in [-0.15, -0.1) is 0 Å². The Balaban J connectivity index is 1.88. The van der Waals surface area contributed by atoms with Crippen LogP contribution in [0.4, 0.5) is 14.5 Å². The maximum absolute atomic E-state index is 13.6. The highest BCUT2D eigenvalue weighted by Crippen LogP contribution is 2.35. The Bertz CT molecular complexity index is 503. The molecule has 6 heteroatoms. The molecule has 1 unspecified atom stereocenters. The quantitative estimate of drug-likeness (QED) is 0.507. The molecule has 0 amide bonds. The molecule has 1 aromatic rings. The second-order valence-electron chi connectivity index (χ2n) is 5.75. The van der Waals surface area contributed by atoms with Crippen LogP contribution in [0.2, 0.25) is 0 Å². The lowest BCUT2D eigenvalue weighted by Crippen LogP contribution is -2.25.